The molecule has 6 nitrogen and oxygen atoms in total. The van der Waals surface area contributed by atoms with Crippen LogP contribution >= 0.6 is 0 Å². The van der Waals surface area contributed by atoms with Gasteiger partial charge in [-0.1, -0.05) is 0 Å². The van der Waals surface area contributed by atoms with E-state index in [4.69, 9.17) is 9.84 Å². The van der Waals surface area contributed by atoms with Gasteiger partial charge in [0, 0.05) is 19.2 Å². The first-order chi connectivity index (χ1) is 8.66. The summed E-state index contributed by atoms with van der Waals surface area (Å²) < 4.78 is 6.69. The smallest absolute Gasteiger partial charge is 0.356 e. The zero-order valence-corrected chi connectivity index (χ0v) is 10.0. The fourth-order valence-electron chi connectivity index (χ4n) is 2.06. The first-order valence-electron chi connectivity index (χ1n) is 6.10. The summed E-state index contributed by atoms with van der Waals surface area (Å²) in [6.07, 6.45) is 4.09. The maximum absolute atomic E-state index is 11.5. The van der Waals surface area contributed by atoms with Crippen molar-refractivity contribution in [2.24, 2.45) is 0 Å². The molecule has 0 spiro atoms. The van der Waals surface area contributed by atoms with Crippen LogP contribution in [0, 0.1) is 0 Å². The number of hydrogen-bond donors (Lipinski definition) is 1. The van der Waals surface area contributed by atoms with Gasteiger partial charge in [0.25, 0.3) is 5.56 Å². The van der Waals surface area contributed by atoms with Gasteiger partial charge < -0.3 is 9.84 Å². The summed E-state index contributed by atoms with van der Waals surface area (Å²) in [5, 5.41) is 12.6. The third kappa shape index (κ3) is 3.16. The van der Waals surface area contributed by atoms with Crippen LogP contribution < -0.4 is 5.56 Å². The van der Waals surface area contributed by atoms with Crippen LogP contribution in [0.25, 0.3) is 0 Å². The number of nitrogens with zero attached hydrogens (tertiary/aromatic N) is 2. The number of carboxylic acids is 1. The van der Waals surface area contributed by atoms with Crippen LogP contribution in [0.2, 0.25) is 0 Å². The molecule has 1 aromatic rings. The molecule has 1 aliphatic heterocycles. The summed E-state index contributed by atoms with van der Waals surface area (Å²) in [4.78, 5) is 22.2. The van der Waals surface area contributed by atoms with Crippen LogP contribution in [0.15, 0.2) is 16.9 Å². The number of aromatic nitrogens is 2. The van der Waals surface area contributed by atoms with Gasteiger partial charge in [0.05, 0.1) is 6.10 Å². The normalized spacial score (nSPS) is 19.0. The van der Waals surface area contributed by atoms with Crippen molar-refractivity contribution in [1.29, 1.82) is 0 Å². The summed E-state index contributed by atoms with van der Waals surface area (Å²) in [5.41, 5.74) is -0.376. The SMILES string of the molecule is O=C(O)c1ccc(=O)n(CCCC2CCCO2)n1. The largest absolute Gasteiger partial charge is 0.476 e. The fraction of sp³-hybridized carbons (Fsp3) is 0.583. The van der Waals surface area contributed by atoms with Gasteiger partial charge in [-0.2, -0.15) is 5.10 Å². The molecule has 0 radical (unpaired) electrons. The van der Waals surface area contributed by atoms with Crippen LogP contribution in [-0.2, 0) is 11.3 Å². The van der Waals surface area contributed by atoms with E-state index in [1.54, 1.807) is 0 Å². The Morgan fingerprint density at radius 2 is 2.39 bits per heavy atom. The molecule has 1 aliphatic rings. The Labute approximate surface area is 104 Å². The highest BCUT2D eigenvalue weighted by Gasteiger charge is 2.15. The van der Waals surface area contributed by atoms with Crippen LogP contribution in [-0.4, -0.2) is 33.6 Å². The van der Waals surface area contributed by atoms with Crippen molar-refractivity contribution in [3.8, 4) is 0 Å². The molecule has 1 aromatic heterocycles. The molecule has 1 unspecified atom stereocenters. The number of aryl methyl sites for hydroxylation is 1. The lowest BCUT2D eigenvalue weighted by Gasteiger charge is -2.09. The third-order valence-electron chi connectivity index (χ3n) is 3.01. The lowest BCUT2D eigenvalue weighted by molar-refractivity contribution is 0.0686. The molecule has 98 valence electrons. The first-order valence-corrected chi connectivity index (χ1v) is 6.10. The molecule has 1 N–H and O–H groups in total. The van der Waals surface area contributed by atoms with Crippen LogP contribution in [0.5, 0.6) is 0 Å². The Morgan fingerprint density at radius 1 is 1.56 bits per heavy atom. The summed E-state index contributed by atoms with van der Waals surface area (Å²) in [6.45, 7) is 1.25. The van der Waals surface area contributed by atoms with Gasteiger partial charge in [0.2, 0.25) is 0 Å². The molecule has 0 bridgehead atoms. The van der Waals surface area contributed by atoms with Gasteiger partial charge in [-0.15, -0.1) is 0 Å². The number of ether oxygens (including phenoxy) is 1. The summed E-state index contributed by atoms with van der Waals surface area (Å²) in [5.74, 6) is -1.12. The maximum atomic E-state index is 11.5. The van der Waals surface area contributed by atoms with Gasteiger partial charge in [-0.25, -0.2) is 9.48 Å². The Hall–Kier alpha value is -1.69. The van der Waals surface area contributed by atoms with Crippen LogP contribution in [0.4, 0.5) is 0 Å². The van der Waals surface area contributed by atoms with Crippen molar-refractivity contribution in [3.05, 3.63) is 28.2 Å². The summed E-state index contributed by atoms with van der Waals surface area (Å²) >= 11 is 0. The fourth-order valence-corrected chi connectivity index (χ4v) is 2.06. The molecule has 0 saturated carbocycles. The molecule has 1 fully saturated rings. The molecule has 6 heteroatoms. The second kappa shape index (κ2) is 5.77. The minimum Gasteiger partial charge on any atom is -0.476 e. The molecule has 0 aromatic carbocycles. The van der Waals surface area contributed by atoms with Crippen molar-refractivity contribution < 1.29 is 14.6 Å². The zero-order valence-electron chi connectivity index (χ0n) is 10.0. The highest BCUT2D eigenvalue weighted by molar-refractivity contribution is 5.84. The molecule has 1 atom stereocenters. The number of hydrogen-bond acceptors (Lipinski definition) is 4. The van der Waals surface area contributed by atoms with Crippen molar-refractivity contribution >= 4 is 5.97 Å². The summed E-state index contributed by atoms with van der Waals surface area (Å²) in [6, 6.07) is 2.46. The van der Waals surface area contributed by atoms with Gasteiger partial charge in [0.15, 0.2) is 5.69 Å². The van der Waals surface area contributed by atoms with E-state index in [2.05, 4.69) is 5.10 Å². The second-order valence-electron chi connectivity index (χ2n) is 4.36. The molecule has 2 heterocycles. The Morgan fingerprint density at radius 3 is 3.06 bits per heavy atom. The molecular formula is C12H16N2O4. The highest BCUT2D eigenvalue weighted by Crippen LogP contribution is 2.16. The van der Waals surface area contributed by atoms with Crippen LogP contribution in [0.1, 0.15) is 36.2 Å². The van der Waals surface area contributed by atoms with Gasteiger partial charge in [0.1, 0.15) is 0 Å². The maximum Gasteiger partial charge on any atom is 0.356 e. The zero-order chi connectivity index (χ0) is 13.0. The van der Waals surface area contributed by atoms with E-state index in [1.807, 2.05) is 0 Å². The Kier molecular flexibility index (Phi) is 4.09. The van der Waals surface area contributed by atoms with Crippen molar-refractivity contribution in [2.45, 2.75) is 38.3 Å². The highest BCUT2D eigenvalue weighted by atomic mass is 16.5. The molecular weight excluding hydrogens is 236 g/mol. The van der Waals surface area contributed by atoms with Gasteiger partial charge in [-0.05, 0) is 31.7 Å². The lowest BCUT2D eigenvalue weighted by atomic mass is 10.1. The first kappa shape index (κ1) is 12.8. The predicted molar refractivity (Wildman–Crippen MR) is 63.7 cm³/mol. The second-order valence-corrected chi connectivity index (χ2v) is 4.36. The van der Waals surface area contributed by atoms with Gasteiger partial charge >= 0.3 is 5.97 Å². The Bertz CT molecular complexity index is 477. The number of aromatic carboxylic acids is 1. The van der Waals surface area contributed by atoms with Gasteiger partial charge in [-0.3, -0.25) is 4.79 Å². The summed E-state index contributed by atoms with van der Waals surface area (Å²) in [7, 11) is 0. The monoisotopic (exact) mass is 252 g/mol. The van der Waals surface area contributed by atoms with Crippen molar-refractivity contribution in [3.63, 3.8) is 0 Å². The van der Waals surface area contributed by atoms with E-state index in [0.29, 0.717) is 6.54 Å². The third-order valence-corrected chi connectivity index (χ3v) is 3.01. The average Bonchev–Trinajstić information content (AvgIpc) is 2.84. The number of carbonyl (C=O) groups is 1. The van der Waals surface area contributed by atoms with E-state index in [-0.39, 0.29) is 17.4 Å². The average molecular weight is 252 g/mol. The number of carboxylic acid groups (broad SMARTS) is 1. The van der Waals surface area contributed by atoms with E-state index in [1.165, 1.54) is 16.8 Å². The Balaban J connectivity index is 1.93. The van der Waals surface area contributed by atoms with E-state index >= 15 is 0 Å². The minimum atomic E-state index is -1.12. The quantitative estimate of drug-likeness (QED) is 0.842. The molecule has 18 heavy (non-hydrogen) atoms. The molecule has 2 rings (SSSR count). The van der Waals surface area contributed by atoms with Crippen molar-refractivity contribution in [1.82, 2.24) is 9.78 Å². The molecule has 0 aliphatic carbocycles. The topological polar surface area (TPSA) is 81.4 Å². The van der Waals surface area contributed by atoms with E-state index in [9.17, 15) is 9.59 Å². The standard InChI is InChI=1S/C12H16N2O4/c15-11-6-5-10(12(16)17)13-14(11)7-1-3-9-4-2-8-18-9/h5-6,9H,1-4,7-8H2,(H,16,17). The van der Waals surface area contributed by atoms with E-state index < -0.39 is 5.97 Å². The predicted octanol–water partition coefficient (Wildman–Crippen LogP) is 0.901. The van der Waals surface area contributed by atoms with Crippen LogP contribution in [0.3, 0.4) is 0 Å². The van der Waals surface area contributed by atoms with E-state index in [0.717, 1.165) is 32.3 Å². The minimum absolute atomic E-state index is 0.105. The molecule has 0 amide bonds. The van der Waals surface area contributed by atoms with Crippen molar-refractivity contribution in [2.75, 3.05) is 6.61 Å². The molecule has 1 saturated heterocycles. The lowest BCUT2D eigenvalue weighted by Crippen LogP contribution is -2.24. The number of rotatable bonds is 5.